The number of hydrogen-bond donors (Lipinski definition) is 1. The van der Waals surface area contributed by atoms with Gasteiger partial charge in [0.15, 0.2) is 5.76 Å². The van der Waals surface area contributed by atoms with Gasteiger partial charge in [-0.3, -0.25) is 4.79 Å². The Kier molecular flexibility index (Phi) is 4.80. The van der Waals surface area contributed by atoms with Gasteiger partial charge in [0.25, 0.3) is 0 Å². The van der Waals surface area contributed by atoms with Crippen LogP contribution in [0, 0.1) is 27.7 Å². The van der Waals surface area contributed by atoms with Crippen molar-refractivity contribution in [3.8, 4) is 5.69 Å². The van der Waals surface area contributed by atoms with Crippen molar-refractivity contribution in [1.29, 1.82) is 0 Å². The lowest BCUT2D eigenvalue weighted by molar-refractivity contribution is 0.0929. The van der Waals surface area contributed by atoms with Crippen LogP contribution in [-0.4, -0.2) is 16.7 Å². The van der Waals surface area contributed by atoms with Gasteiger partial charge in [-0.15, -0.1) is 0 Å². The minimum atomic E-state index is -0.375. The molecule has 0 saturated carbocycles. The molecule has 0 spiro atoms. The third-order valence-corrected chi connectivity index (χ3v) is 5.24. The van der Waals surface area contributed by atoms with Gasteiger partial charge >= 0.3 is 5.91 Å². The number of aromatic nitrogens is 1. The van der Waals surface area contributed by atoms with Crippen molar-refractivity contribution < 1.29 is 9.21 Å². The highest BCUT2D eigenvalue weighted by Gasteiger charge is 2.12. The molecule has 1 amide bonds. The normalized spacial score (nSPS) is 11.4. The van der Waals surface area contributed by atoms with Gasteiger partial charge in [-0.25, -0.2) is 5.43 Å². The van der Waals surface area contributed by atoms with Gasteiger partial charge in [0.2, 0.25) is 0 Å². The lowest BCUT2D eigenvalue weighted by Gasteiger charge is -2.11. The van der Waals surface area contributed by atoms with Crippen LogP contribution in [0.2, 0.25) is 0 Å². The first-order valence-corrected chi connectivity index (χ1v) is 9.52. The third kappa shape index (κ3) is 3.59. The molecule has 4 aromatic rings. The number of carbonyl (C=O) groups excluding carboxylic acids is 1. The van der Waals surface area contributed by atoms with E-state index in [1.54, 1.807) is 12.3 Å². The second kappa shape index (κ2) is 7.43. The number of nitrogens with one attached hydrogen (secondary N) is 1. The first-order valence-electron chi connectivity index (χ1n) is 9.52. The second-order valence-electron chi connectivity index (χ2n) is 7.28. The monoisotopic (exact) mass is 385 g/mol. The fourth-order valence-corrected chi connectivity index (χ4v) is 3.49. The minimum absolute atomic E-state index is 0.240. The number of hydrogen-bond acceptors (Lipinski definition) is 3. The number of furan rings is 1. The molecule has 0 atom stereocenters. The molecule has 0 fully saturated rings. The summed E-state index contributed by atoms with van der Waals surface area (Å²) in [7, 11) is 0. The van der Waals surface area contributed by atoms with Crippen molar-refractivity contribution in [2.24, 2.45) is 5.10 Å². The lowest BCUT2D eigenvalue weighted by atomic mass is 10.1. The van der Waals surface area contributed by atoms with E-state index in [0.717, 1.165) is 28.0 Å². The Morgan fingerprint density at radius 1 is 1.00 bits per heavy atom. The summed E-state index contributed by atoms with van der Waals surface area (Å²) in [6.07, 6.45) is 1.67. The van der Waals surface area contributed by atoms with Crippen molar-refractivity contribution in [3.63, 3.8) is 0 Å². The molecule has 29 heavy (non-hydrogen) atoms. The molecule has 2 heterocycles. The first-order chi connectivity index (χ1) is 13.9. The van der Waals surface area contributed by atoms with E-state index in [-0.39, 0.29) is 11.7 Å². The van der Waals surface area contributed by atoms with Gasteiger partial charge in [-0.2, -0.15) is 5.10 Å². The van der Waals surface area contributed by atoms with Crippen LogP contribution in [0.15, 0.2) is 64.1 Å². The molecule has 0 radical (unpaired) electrons. The molecule has 0 unspecified atom stereocenters. The van der Waals surface area contributed by atoms with E-state index in [4.69, 9.17) is 4.42 Å². The molecular weight excluding hydrogens is 362 g/mol. The van der Waals surface area contributed by atoms with Crippen LogP contribution < -0.4 is 5.43 Å². The molecule has 0 aliphatic heterocycles. The Labute approximate surface area is 169 Å². The summed E-state index contributed by atoms with van der Waals surface area (Å²) in [5.74, 6) is -0.135. The smallest absolute Gasteiger partial charge is 0.307 e. The van der Waals surface area contributed by atoms with Crippen molar-refractivity contribution in [2.75, 3.05) is 0 Å². The summed E-state index contributed by atoms with van der Waals surface area (Å²) in [6.45, 7) is 8.33. The van der Waals surface area contributed by atoms with E-state index in [2.05, 4.69) is 60.1 Å². The van der Waals surface area contributed by atoms with Gasteiger partial charge < -0.3 is 8.98 Å². The summed E-state index contributed by atoms with van der Waals surface area (Å²) in [5, 5.41) is 5.02. The number of nitrogens with zero attached hydrogens (tertiary/aromatic N) is 2. The first kappa shape index (κ1) is 18.7. The highest BCUT2D eigenvalue weighted by molar-refractivity contribution is 5.96. The zero-order valence-electron chi connectivity index (χ0n) is 17.0. The quantitative estimate of drug-likeness (QED) is 0.387. The molecule has 146 valence electrons. The van der Waals surface area contributed by atoms with E-state index in [0.29, 0.717) is 5.58 Å². The molecular formula is C24H23N3O2. The number of para-hydroxylation sites is 1. The van der Waals surface area contributed by atoms with Crippen LogP contribution in [-0.2, 0) is 0 Å². The Balaban J connectivity index is 1.54. The molecule has 0 aliphatic rings. The Morgan fingerprint density at radius 3 is 2.55 bits per heavy atom. The summed E-state index contributed by atoms with van der Waals surface area (Å²) < 4.78 is 7.76. The van der Waals surface area contributed by atoms with Crippen molar-refractivity contribution in [1.82, 2.24) is 9.99 Å². The topological polar surface area (TPSA) is 59.5 Å². The molecule has 5 nitrogen and oxygen atoms in total. The molecule has 5 heteroatoms. The minimum Gasteiger partial charge on any atom is -0.451 e. The van der Waals surface area contributed by atoms with Gasteiger partial charge in [0.1, 0.15) is 5.58 Å². The van der Waals surface area contributed by atoms with Gasteiger partial charge in [-0.1, -0.05) is 24.3 Å². The summed E-state index contributed by atoms with van der Waals surface area (Å²) in [4.78, 5) is 12.3. The van der Waals surface area contributed by atoms with Crippen molar-refractivity contribution in [3.05, 3.63) is 88.4 Å². The standard InChI is InChI=1S/C24H23N3O2/c1-15-9-10-21(11-16(15)2)27-17(3)12-20(18(27)4)14-25-26-24(28)23-13-19-7-5-6-8-22(19)29-23/h5-14H,1-4H3,(H,26,28)/b25-14+. The lowest BCUT2D eigenvalue weighted by Crippen LogP contribution is -2.16. The number of rotatable bonds is 4. The van der Waals surface area contributed by atoms with Gasteiger partial charge in [-0.05, 0) is 69.2 Å². The SMILES string of the molecule is Cc1ccc(-n2c(C)cc(/C=N/NC(=O)c3cc4ccccc4o3)c2C)cc1C. The fraction of sp³-hybridized carbons (Fsp3) is 0.167. The molecule has 4 rings (SSSR count). The summed E-state index contributed by atoms with van der Waals surface area (Å²) in [5.41, 5.74) is 9.99. The summed E-state index contributed by atoms with van der Waals surface area (Å²) in [6, 6.07) is 17.7. The fourth-order valence-electron chi connectivity index (χ4n) is 3.49. The van der Waals surface area contributed by atoms with E-state index in [1.807, 2.05) is 31.2 Å². The number of aryl methyl sites for hydroxylation is 3. The predicted molar refractivity (Wildman–Crippen MR) is 116 cm³/mol. The Morgan fingerprint density at radius 2 is 1.79 bits per heavy atom. The van der Waals surface area contributed by atoms with Crippen LogP contribution >= 0.6 is 0 Å². The number of hydrazone groups is 1. The zero-order valence-corrected chi connectivity index (χ0v) is 17.0. The van der Waals surface area contributed by atoms with Gasteiger partial charge in [0.05, 0.1) is 6.21 Å². The molecule has 0 aliphatic carbocycles. The average molecular weight is 385 g/mol. The maximum absolute atomic E-state index is 12.3. The molecule has 2 aromatic carbocycles. The maximum Gasteiger partial charge on any atom is 0.307 e. The average Bonchev–Trinajstić information content (AvgIpc) is 3.25. The molecule has 2 aromatic heterocycles. The van der Waals surface area contributed by atoms with Crippen LogP contribution in [0.5, 0.6) is 0 Å². The number of carbonyl (C=O) groups is 1. The van der Waals surface area contributed by atoms with Crippen LogP contribution in [0.25, 0.3) is 16.7 Å². The molecule has 0 bridgehead atoms. The number of amides is 1. The van der Waals surface area contributed by atoms with Crippen molar-refractivity contribution >= 4 is 23.1 Å². The Bertz CT molecular complexity index is 1210. The van der Waals surface area contributed by atoms with E-state index < -0.39 is 0 Å². The summed E-state index contributed by atoms with van der Waals surface area (Å²) >= 11 is 0. The molecule has 0 saturated heterocycles. The highest BCUT2D eigenvalue weighted by Crippen LogP contribution is 2.22. The van der Waals surface area contributed by atoms with Gasteiger partial charge in [0, 0.05) is 28.0 Å². The maximum atomic E-state index is 12.3. The third-order valence-electron chi connectivity index (χ3n) is 5.24. The second-order valence-corrected chi connectivity index (χ2v) is 7.28. The molecule has 1 N–H and O–H groups in total. The number of fused-ring (bicyclic) bond motifs is 1. The largest absolute Gasteiger partial charge is 0.451 e. The zero-order chi connectivity index (χ0) is 20.5. The Hall–Kier alpha value is -3.60. The van der Waals surface area contributed by atoms with Crippen LogP contribution in [0.4, 0.5) is 0 Å². The van der Waals surface area contributed by atoms with E-state index >= 15 is 0 Å². The highest BCUT2D eigenvalue weighted by atomic mass is 16.3. The van der Waals surface area contributed by atoms with E-state index in [1.165, 1.54) is 11.1 Å². The number of benzene rings is 2. The van der Waals surface area contributed by atoms with E-state index in [9.17, 15) is 4.79 Å². The van der Waals surface area contributed by atoms with Crippen LogP contribution in [0.3, 0.4) is 0 Å². The van der Waals surface area contributed by atoms with Crippen LogP contribution in [0.1, 0.15) is 38.6 Å². The predicted octanol–water partition coefficient (Wildman–Crippen LogP) is 5.22. The van der Waals surface area contributed by atoms with Crippen molar-refractivity contribution in [2.45, 2.75) is 27.7 Å².